The van der Waals surface area contributed by atoms with Gasteiger partial charge < -0.3 is 9.15 Å². The molecule has 0 aliphatic heterocycles. The van der Waals surface area contributed by atoms with Gasteiger partial charge in [-0.1, -0.05) is 24.3 Å². The molecule has 0 amide bonds. The fourth-order valence-corrected chi connectivity index (χ4v) is 2.21. The van der Waals surface area contributed by atoms with E-state index in [0.29, 0.717) is 5.56 Å². The highest BCUT2D eigenvalue weighted by atomic mass is 19.1. The topological polar surface area (TPSA) is 74.3 Å². The second-order valence-corrected chi connectivity index (χ2v) is 5.42. The molecule has 0 N–H and O–H groups in total. The van der Waals surface area contributed by atoms with Gasteiger partial charge in [0.05, 0.1) is 0 Å². The van der Waals surface area contributed by atoms with Gasteiger partial charge in [0.1, 0.15) is 19.0 Å². The number of aromatic nitrogens is 2. The summed E-state index contributed by atoms with van der Waals surface area (Å²) in [4.78, 5) is 23.7. The minimum atomic E-state index is -0.785. The molecule has 0 saturated heterocycles. The second kappa shape index (κ2) is 7.12. The fourth-order valence-electron chi connectivity index (χ4n) is 2.21. The smallest absolute Gasteiger partial charge is 0.437 e. The molecule has 6 nitrogen and oxygen atoms in total. The molecule has 0 unspecified atom stereocenters. The van der Waals surface area contributed by atoms with Crippen LogP contribution < -0.4 is 5.76 Å². The van der Waals surface area contributed by atoms with Crippen molar-refractivity contribution in [3.8, 4) is 11.5 Å². The van der Waals surface area contributed by atoms with E-state index in [1.54, 1.807) is 0 Å². The Hall–Kier alpha value is -3.22. The summed E-state index contributed by atoms with van der Waals surface area (Å²) in [6.07, 6.45) is 0. The van der Waals surface area contributed by atoms with E-state index in [2.05, 4.69) is 5.10 Å². The van der Waals surface area contributed by atoms with Crippen molar-refractivity contribution < 1.29 is 18.3 Å². The molecule has 0 atom stereocenters. The van der Waals surface area contributed by atoms with Crippen molar-refractivity contribution in [2.45, 2.75) is 20.1 Å². The summed E-state index contributed by atoms with van der Waals surface area (Å²) in [6, 6.07) is 12.8. The Morgan fingerprint density at radius 1 is 1.20 bits per heavy atom. The van der Waals surface area contributed by atoms with Crippen LogP contribution in [-0.4, -0.2) is 15.7 Å². The zero-order valence-corrected chi connectivity index (χ0v) is 13.4. The molecule has 25 heavy (non-hydrogen) atoms. The highest BCUT2D eigenvalue weighted by Crippen LogP contribution is 2.15. The number of benzene rings is 2. The molecule has 3 aromatic rings. The van der Waals surface area contributed by atoms with Crippen molar-refractivity contribution in [1.82, 2.24) is 9.78 Å². The summed E-state index contributed by atoms with van der Waals surface area (Å²) >= 11 is 0. The van der Waals surface area contributed by atoms with Crippen LogP contribution in [0.3, 0.4) is 0 Å². The predicted octanol–water partition coefficient (Wildman–Crippen LogP) is 2.69. The largest absolute Gasteiger partial charge is 0.459 e. The van der Waals surface area contributed by atoms with Crippen LogP contribution in [0, 0.1) is 12.7 Å². The van der Waals surface area contributed by atoms with Crippen LogP contribution in [0.2, 0.25) is 0 Å². The molecular formula is C18H15FN2O4. The van der Waals surface area contributed by atoms with Gasteiger partial charge in [-0.05, 0) is 42.3 Å². The first kappa shape index (κ1) is 16.6. The van der Waals surface area contributed by atoms with E-state index in [-0.39, 0.29) is 19.0 Å². The summed E-state index contributed by atoms with van der Waals surface area (Å²) in [7, 11) is 0. The number of halogens is 1. The molecule has 2 aromatic carbocycles. The molecule has 0 radical (unpaired) electrons. The Morgan fingerprint density at radius 2 is 1.92 bits per heavy atom. The third kappa shape index (κ3) is 4.00. The minimum Gasteiger partial charge on any atom is -0.459 e. The lowest BCUT2D eigenvalue weighted by molar-refractivity contribution is -0.146. The van der Waals surface area contributed by atoms with Crippen molar-refractivity contribution in [3.05, 3.63) is 76.0 Å². The normalized spacial score (nSPS) is 10.6. The average molecular weight is 342 g/mol. The number of rotatable bonds is 5. The standard InChI is InChI=1S/C18H15FN2O4/c1-12-4-2-3-5-14(12)11-24-16(22)10-21-18(23)25-17(20-21)13-6-8-15(19)9-7-13/h2-9H,10-11H2,1H3. The lowest BCUT2D eigenvalue weighted by Crippen LogP contribution is -2.23. The van der Waals surface area contributed by atoms with Crippen LogP contribution >= 0.6 is 0 Å². The molecule has 7 heteroatoms. The quantitative estimate of drug-likeness (QED) is 0.667. The molecule has 128 valence electrons. The van der Waals surface area contributed by atoms with Gasteiger partial charge in [-0.3, -0.25) is 4.79 Å². The molecule has 0 saturated carbocycles. The van der Waals surface area contributed by atoms with E-state index in [4.69, 9.17) is 9.15 Å². The monoisotopic (exact) mass is 342 g/mol. The summed E-state index contributed by atoms with van der Waals surface area (Å²) in [5.74, 6) is -1.79. The van der Waals surface area contributed by atoms with E-state index in [1.807, 2.05) is 31.2 Å². The molecule has 1 heterocycles. The maximum atomic E-state index is 12.9. The number of hydrogen-bond acceptors (Lipinski definition) is 5. The Kier molecular flexibility index (Phi) is 4.74. The van der Waals surface area contributed by atoms with Gasteiger partial charge >= 0.3 is 11.7 Å². The molecule has 1 aromatic heterocycles. The van der Waals surface area contributed by atoms with Gasteiger partial charge in [0.25, 0.3) is 0 Å². The van der Waals surface area contributed by atoms with Gasteiger partial charge in [-0.2, -0.15) is 4.68 Å². The van der Waals surface area contributed by atoms with Crippen molar-refractivity contribution in [3.63, 3.8) is 0 Å². The predicted molar refractivity (Wildman–Crippen MR) is 87.1 cm³/mol. The average Bonchev–Trinajstić information content (AvgIpc) is 2.95. The highest BCUT2D eigenvalue weighted by Gasteiger charge is 2.14. The van der Waals surface area contributed by atoms with Crippen LogP contribution in [0.5, 0.6) is 0 Å². The van der Waals surface area contributed by atoms with Crippen LogP contribution in [0.15, 0.2) is 57.7 Å². The number of esters is 1. The fraction of sp³-hybridized carbons (Fsp3) is 0.167. The number of nitrogens with zero attached hydrogens (tertiary/aromatic N) is 2. The summed E-state index contributed by atoms with van der Waals surface area (Å²) in [6.45, 7) is 1.67. The lowest BCUT2D eigenvalue weighted by Gasteiger charge is -2.06. The maximum Gasteiger partial charge on any atom is 0.437 e. The number of ether oxygens (including phenoxy) is 1. The minimum absolute atomic E-state index is 0.0108. The first-order valence-corrected chi connectivity index (χ1v) is 7.57. The Labute approximate surface area is 142 Å². The van der Waals surface area contributed by atoms with E-state index in [9.17, 15) is 14.0 Å². The number of carbonyl (C=O) groups excluding carboxylic acids is 1. The first-order valence-electron chi connectivity index (χ1n) is 7.57. The zero-order valence-electron chi connectivity index (χ0n) is 13.4. The van der Waals surface area contributed by atoms with E-state index in [1.165, 1.54) is 24.3 Å². The molecule has 0 aliphatic rings. The molecule has 3 rings (SSSR count). The molecule has 0 fully saturated rings. The van der Waals surface area contributed by atoms with Gasteiger partial charge in [0.2, 0.25) is 5.89 Å². The van der Waals surface area contributed by atoms with Crippen LogP contribution in [0.4, 0.5) is 4.39 Å². The van der Waals surface area contributed by atoms with E-state index in [0.717, 1.165) is 15.8 Å². The number of hydrogen-bond donors (Lipinski definition) is 0. The van der Waals surface area contributed by atoms with Gasteiger partial charge in [-0.25, -0.2) is 9.18 Å². The highest BCUT2D eigenvalue weighted by molar-refractivity contribution is 5.69. The SMILES string of the molecule is Cc1ccccc1COC(=O)Cn1nc(-c2ccc(F)cc2)oc1=O. The van der Waals surface area contributed by atoms with Gasteiger partial charge in [0, 0.05) is 5.56 Å². The van der Waals surface area contributed by atoms with Gasteiger partial charge in [0.15, 0.2) is 0 Å². The number of aryl methyl sites for hydroxylation is 1. The lowest BCUT2D eigenvalue weighted by atomic mass is 10.1. The van der Waals surface area contributed by atoms with Crippen LogP contribution in [-0.2, 0) is 22.7 Å². The summed E-state index contributed by atoms with van der Waals surface area (Å²) in [5.41, 5.74) is 2.33. The first-order chi connectivity index (χ1) is 12.0. The van der Waals surface area contributed by atoms with Crippen LogP contribution in [0.1, 0.15) is 11.1 Å². The van der Waals surface area contributed by atoms with Gasteiger partial charge in [-0.15, -0.1) is 5.10 Å². The van der Waals surface area contributed by atoms with Crippen molar-refractivity contribution in [2.24, 2.45) is 0 Å². The third-order valence-electron chi connectivity index (χ3n) is 3.63. The Morgan fingerprint density at radius 3 is 2.64 bits per heavy atom. The maximum absolute atomic E-state index is 12.9. The van der Waals surface area contributed by atoms with Crippen molar-refractivity contribution >= 4 is 5.97 Å². The van der Waals surface area contributed by atoms with E-state index < -0.39 is 17.5 Å². The zero-order chi connectivity index (χ0) is 17.8. The van der Waals surface area contributed by atoms with Crippen molar-refractivity contribution in [2.75, 3.05) is 0 Å². The summed E-state index contributed by atoms with van der Waals surface area (Å²) in [5, 5.41) is 3.94. The third-order valence-corrected chi connectivity index (χ3v) is 3.63. The molecule has 0 spiro atoms. The molecule has 0 aliphatic carbocycles. The molecular weight excluding hydrogens is 327 g/mol. The van der Waals surface area contributed by atoms with Crippen LogP contribution in [0.25, 0.3) is 11.5 Å². The second-order valence-electron chi connectivity index (χ2n) is 5.42. The Bertz CT molecular complexity index is 944. The number of carbonyl (C=O) groups is 1. The van der Waals surface area contributed by atoms with E-state index >= 15 is 0 Å². The summed E-state index contributed by atoms with van der Waals surface area (Å²) < 4.78 is 24.0. The Balaban J connectivity index is 1.66. The van der Waals surface area contributed by atoms with Crippen molar-refractivity contribution in [1.29, 1.82) is 0 Å². The molecule has 0 bridgehead atoms.